The monoisotopic (exact) mass is 712 g/mol. The van der Waals surface area contributed by atoms with E-state index >= 15 is 0 Å². The lowest BCUT2D eigenvalue weighted by Crippen LogP contribution is -1.94. The van der Waals surface area contributed by atoms with Crippen LogP contribution in [0, 0.1) is 0 Å². The summed E-state index contributed by atoms with van der Waals surface area (Å²) in [4.78, 5) is 0. The molecular weight excluding hydrogens is 677 g/mol. The molecule has 262 valence electrons. The molecule has 0 fully saturated rings. The Balaban J connectivity index is 1.07. The highest BCUT2D eigenvalue weighted by molar-refractivity contribution is 6.13. The van der Waals surface area contributed by atoms with Gasteiger partial charge < -0.3 is 9.13 Å². The molecule has 0 unspecified atom stereocenters. The molecule has 0 radical (unpaired) electrons. The molecule has 2 aromatic heterocycles. The zero-order chi connectivity index (χ0) is 37.0. The van der Waals surface area contributed by atoms with Crippen LogP contribution in [0.15, 0.2) is 218 Å². The van der Waals surface area contributed by atoms with Gasteiger partial charge >= 0.3 is 0 Å². The van der Waals surface area contributed by atoms with Crippen LogP contribution in [0.2, 0.25) is 0 Å². The third-order valence-electron chi connectivity index (χ3n) is 11.3. The van der Waals surface area contributed by atoms with E-state index in [1.54, 1.807) is 0 Å². The number of para-hydroxylation sites is 2. The summed E-state index contributed by atoms with van der Waals surface area (Å²) in [6.45, 7) is 0. The summed E-state index contributed by atoms with van der Waals surface area (Å²) in [6, 6.07) is 79.4. The minimum absolute atomic E-state index is 1.14. The van der Waals surface area contributed by atoms with Gasteiger partial charge in [0.05, 0.1) is 22.1 Å². The molecule has 11 rings (SSSR count). The third-order valence-corrected chi connectivity index (χ3v) is 11.3. The predicted octanol–water partition coefficient (Wildman–Crippen LogP) is 14.5. The van der Waals surface area contributed by atoms with Crippen molar-refractivity contribution in [3.63, 3.8) is 0 Å². The molecule has 0 saturated carbocycles. The maximum atomic E-state index is 2.43. The van der Waals surface area contributed by atoms with Gasteiger partial charge in [-0.05, 0) is 105 Å². The Kier molecular flexibility index (Phi) is 7.53. The maximum absolute atomic E-state index is 2.43. The molecular formula is C54H36N2. The van der Waals surface area contributed by atoms with E-state index in [1.165, 1.54) is 93.8 Å². The van der Waals surface area contributed by atoms with E-state index in [0.29, 0.717) is 0 Å². The summed E-state index contributed by atoms with van der Waals surface area (Å²) in [5, 5.41) is 4.99. The predicted molar refractivity (Wildman–Crippen MR) is 237 cm³/mol. The Bertz CT molecular complexity index is 3190. The molecule has 56 heavy (non-hydrogen) atoms. The second kappa shape index (κ2) is 13.2. The van der Waals surface area contributed by atoms with Crippen molar-refractivity contribution in [1.29, 1.82) is 0 Å². The molecule has 2 heteroatoms. The van der Waals surface area contributed by atoms with Crippen molar-refractivity contribution in [3.05, 3.63) is 218 Å². The molecule has 11 aromatic rings. The summed E-state index contributed by atoms with van der Waals surface area (Å²) >= 11 is 0. The van der Waals surface area contributed by atoms with Gasteiger partial charge in [-0.1, -0.05) is 158 Å². The second-order valence-electron chi connectivity index (χ2n) is 14.6. The summed E-state index contributed by atoms with van der Waals surface area (Å²) < 4.78 is 4.81. The minimum Gasteiger partial charge on any atom is -0.309 e. The van der Waals surface area contributed by atoms with E-state index in [9.17, 15) is 0 Å². The lowest BCUT2D eigenvalue weighted by atomic mass is 9.98. The molecule has 0 spiro atoms. The highest BCUT2D eigenvalue weighted by atomic mass is 15.0. The highest BCUT2D eigenvalue weighted by Crippen LogP contribution is 2.40. The molecule has 0 atom stereocenters. The molecule has 9 aromatic carbocycles. The number of hydrogen-bond donors (Lipinski definition) is 0. The second-order valence-corrected chi connectivity index (χ2v) is 14.6. The number of aromatic nitrogens is 2. The summed E-state index contributed by atoms with van der Waals surface area (Å²) in [6.07, 6.45) is 0. The van der Waals surface area contributed by atoms with Crippen LogP contribution in [0.5, 0.6) is 0 Å². The minimum atomic E-state index is 1.14. The van der Waals surface area contributed by atoms with Gasteiger partial charge in [0.25, 0.3) is 0 Å². The van der Waals surface area contributed by atoms with Gasteiger partial charge in [-0.25, -0.2) is 0 Å². The molecule has 0 N–H and O–H groups in total. The van der Waals surface area contributed by atoms with Gasteiger partial charge in [0.15, 0.2) is 0 Å². The fraction of sp³-hybridized carbons (Fsp3) is 0. The first-order valence-electron chi connectivity index (χ1n) is 19.3. The van der Waals surface area contributed by atoms with Crippen molar-refractivity contribution in [2.45, 2.75) is 0 Å². The number of fused-ring (bicyclic) bond motifs is 6. The van der Waals surface area contributed by atoms with Crippen molar-refractivity contribution >= 4 is 43.6 Å². The van der Waals surface area contributed by atoms with Gasteiger partial charge in [0.2, 0.25) is 0 Å². The average Bonchev–Trinajstić information content (AvgIpc) is 3.79. The summed E-state index contributed by atoms with van der Waals surface area (Å²) in [7, 11) is 0. The van der Waals surface area contributed by atoms with Crippen LogP contribution in [-0.2, 0) is 0 Å². The fourth-order valence-corrected chi connectivity index (χ4v) is 8.59. The Morgan fingerprint density at radius 1 is 0.196 bits per heavy atom. The van der Waals surface area contributed by atoms with E-state index in [0.717, 1.165) is 5.69 Å². The Morgan fingerprint density at radius 3 is 1.14 bits per heavy atom. The topological polar surface area (TPSA) is 9.86 Å². The van der Waals surface area contributed by atoms with Gasteiger partial charge in [0.1, 0.15) is 0 Å². The molecule has 0 amide bonds. The Labute approximate surface area is 325 Å². The van der Waals surface area contributed by atoms with Crippen LogP contribution in [0.4, 0.5) is 0 Å². The number of nitrogens with zero attached hydrogens (tertiary/aromatic N) is 2. The van der Waals surface area contributed by atoms with Gasteiger partial charge in [-0.3, -0.25) is 0 Å². The molecule has 0 aliphatic carbocycles. The van der Waals surface area contributed by atoms with Gasteiger partial charge in [0, 0.05) is 32.9 Å². The van der Waals surface area contributed by atoms with E-state index in [2.05, 4.69) is 228 Å². The van der Waals surface area contributed by atoms with Crippen molar-refractivity contribution in [3.8, 4) is 55.9 Å². The lowest BCUT2D eigenvalue weighted by Gasteiger charge is -2.11. The van der Waals surface area contributed by atoms with Crippen molar-refractivity contribution < 1.29 is 0 Å². The number of hydrogen-bond acceptors (Lipinski definition) is 0. The molecule has 0 aliphatic rings. The Morgan fingerprint density at radius 2 is 0.554 bits per heavy atom. The largest absolute Gasteiger partial charge is 0.309 e. The standard InChI is InChI=1S/C54H36N2/c1-4-12-37(13-5-1)39-20-22-41(23-21-39)44-26-31-48-50-35-43(28-33-53(50)56(54(48)36-44)46-29-24-40(25-30-46)38-14-6-2-7-15-38)42-27-32-52-49(34-42)47-18-10-11-19-51(47)55(52)45-16-8-3-9-17-45/h1-36H. The molecule has 0 saturated heterocycles. The van der Waals surface area contributed by atoms with Crippen molar-refractivity contribution in [2.75, 3.05) is 0 Å². The maximum Gasteiger partial charge on any atom is 0.0547 e. The average molecular weight is 713 g/mol. The van der Waals surface area contributed by atoms with Crippen LogP contribution >= 0.6 is 0 Å². The van der Waals surface area contributed by atoms with Gasteiger partial charge in [-0.2, -0.15) is 0 Å². The van der Waals surface area contributed by atoms with Crippen LogP contribution in [0.3, 0.4) is 0 Å². The molecule has 2 nitrogen and oxygen atoms in total. The Hall–Kier alpha value is -7.42. The smallest absolute Gasteiger partial charge is 0.0547 e. The lowest BCUT2D eigenvalue weighted by molar-refractivity contribution is 1.18. The SMILES string of the molecule is c1ccc(-c2ccc(-c3ccc4c5cc(-c6ccc7c(c6)c6ccccc6n7-c6ccccc6)ccc5n(-c5ccc(-c6ccccc6)cc5)c4c3)cc2)cc1. The van der Waals surface area contributed by atoms with Gasteiger partial charge in [-0.15, -0.1) is 0 Å². The first kappa shape index (κ1) is 32.0. The summed E-state index contributed by atoms with van der Waals surface area (Å²) in [5.41, 5.74) is 16.8. The zero-order valence-electron chi connectivity index (χ0n) is 30.7. The molecule has 0 bridgehead atoms. The summed E-state index contributed by atoms with van der Waals surface area (Å²) in [5.74, 6) is 0. The highest BCUT2D eigenvalue weighted by Gasteiger charge is 2.17. The third kappa shape index (κ3) is 5.34. The number of rotatable bonds is 6. The van der Waals surface area contributed by atoms with Crippen LogP contribution in [0.25, 0.3) is 99.5 Å². The normalized spacial score (nSPS) is 11.6. The first-order chi connectivity index (χ1) is 27.8. The van der Waals surface area contributed by atoms with Crippen molar-refractivity contribution in [1.82, 2.24) is 9.13 Å². The van der Waals surface area contributed by atoms with Crippen LogP contribution < -0.4 is 0 Å². The molecule has 0 aliphatic heterocycles. The van der Waals surface area contributed by atoms with Crippen LogP contribution in [0.1, 0.15) is 0 Å². The quantitative estimate of drug-likeness (QED) is 0.162. The van der Waals surface area contributed by atoms with Crippen LogP contribution in [-0.4, -0.2) is 9.13 Å². The van der Waals surface area contributed by atoms with E-state index in [4.69, 9.17) is 0 Å². The number of benzene rings is 9. The van der Waals surface area contributed by atoms with E-state index in [1.807, 2.05) is 0 Å². The fourth-order valence-electron chi connectivity index (χ4n) is 8.59. The van der Waals surface area contributed by atoms with E-state index in [-0.39, 0.29) is 0 Å². The zero-order valence-corrected chi connectivity index (χ0v) is 30.7. The first-order valence-corrected chi connectivity index (χ1v) is 19.3. The van der Waals surface area contributed by atoms with Crippen molar-refractivity contribution in [2.24, 2.45) is 0 Å². The van der Waals surface area contributed by atoms with E-state index < -0.39 is 0 Å². The molecule has 2 heterocycles.